The van der Waals surface area contributed by atoms with Crippen molar-refractivity contribution < 1.29 is 37.0 Å². The van der Waals surface area contributed by atoms with Crippen LogP contribution in [0.3, 0.4) is 0 Å². The van der Waals surface area contributed by atoms with E-state index >= 15 is 0 Å². The first-order valence-electron chi connectivity index (χ1n) is 10.3. The smallest absolute Gasteiger partial charge is 0.441 e. The van der Waals surface area contributed by atoms with Crippen LogP contribution in [0.2, 0.25) is 0 Å². The number of carbonyl (C=O) groups is 3. The van der Waals surface area contributed by atoms with Crippen LogP contribution in [0.15, 0.2) is 30.3 Å². The number of nitrogens with one attached hydrogen (secondary N) is 2. The summed E-state index contributed by atoms with van der Waals surface area (Å²) in [6.07, 6.45) is -4.93. The number of alkyl halides is 3. The zero-order chi connectivity index (χ0) is 25.1. The molecule has 1 aliphatic heterocycles. The molecule has 1 aromatic heterocycles. The van der Waals surface area contributed by atoms with Crippen molar-refractivity contribution in [3.8, 4) is 0 Å². The summed E-state index contributed by atoms with van der Waals surface area (Å²) in [5.41, 5.74) is -3.30. The molecule has 2 N–H and O–H groups in total. The van der Waals surface area contributed by atoms with Crippen LogP contribution < -0.4 is 10.6 Å². The first kappa shape index (κ1) is 25.5. The van der Waals surface area contributed by atoms with Gasteiger partial charge in [-0.25, -0.2) is 9.59 Å². The molecule has 0 unspecified atom stereocenters. The molecule has 1 atom stereocenters. The minimum atomic E-state index is -5.33. The second-order valence-corrected chi connectivity index (χ2v) is 8.71. The van der Waals surface area contributed by atoms with Gasteiger partial charge >= 0.3 is 23.8 Å². The lowest BCUT2D eigenvalue weighted by Gasteiger charge is -2.35. The fraction of sp³-hybridized carbons (Fsp3) is 0.409. The third-order valence-corrected chi connectivity index (χ3v) is 6.41. The Kier molecular flexibility index (Phi) is 7.51. The molecular formula is C22H24F3N3O5S. The molecule has 8 nitrogen and oxygen atoms in total. The van der Waals surface area contributed by atoms with Crippen LogP contribution in [0.25, 0.3) is 0 Å². The lowest BCUT2D eigenvalue weighted by molar-refractivity contribution is -0.204. The largest absolute Gasteiger partial charge is 0.465 e. The number of halogens is 3. The summed E-state index contributed by atoms with van der Waals surface area (Å²) >= 11 is 0.898. The predicted molar refractivity (Wildman–Crippen MR) is 119 cm³/mol. The number of carbonyl (C=O) groups excluding carboxylic acids is 3. The molecule has 0 saturated carbocycles. The quantitative estimate of drug-likeness (QED) is 0.446. The fourth-order valence-electron chi connectivity index (χ4n) is 3.57. The van der Waals surface area contributed by atoms with Crippen molar-refractivity contribution in [1.82, 2.24) is 10.2 Å². The third kappa shape index (κ3) is 4.87. The van der Waals surface area contributed by atoms with Gasteiger partial charge in [-0.3, -0.25) is 4.79 Å². The van der Waals surface area contributed by atoms with E-state index in [2.05, 4.69) is 5.32 Å². The van der Waals surface area contributed by atoms with Crippen LogP contribution in [0.5, 0.6) is 0 Å². The van der Waals surface area contributed by atoms with Crippen molar-refractivity contribution in [3.63, 3.8) is 0 Å². The number of rotatable bonds is 7. The van der Waals surface area contributed by atoms with E-state index < -0.39 is 29.7 Å². The number of anilines is 1. The molecule has 12 heteroatoms. The van der Waals surface area contributed by atoms with E-state index in [0.717, 1.165) is 18.4 Å². The average Bonchev–Trinajstić information content (AvgIpc) is 3.14. The number of methoxy groups -OCH3 is 1. The van der Waals surface area contributed by atoms with Crippen molar-refractivity contribution in [1.29, 1.82) is 0 Å². The number of benzene rings is 1. The maximum Gasteiger partial charge on any atom is 0.441 e. The highest BCUT2D eigenvalue weighted by Gasteiger charge is 2.64. The summed E-state index contributed by atoms with van der Waals surface area (Å²) in [7, 11) is 2.96. The van der Waals surface area contributed by atoms with Gasteiger partial charge in [-0.15, -0.1) is 11.3 Å². The predicted octanol–water partition coefficient (Wildman–Crippen LogP) is 3.19. The van der Waals surface area contributed by atoms with Crippen molar-refractivity contribution in [2.45, 2.75) is 31.7 Å². The van der Waals surface area contributed by atoms with Gasteiger partial charge in [-0.2, -0.15) is 13.2 Å². The van der Waals surface area contributed by atoms with Gasteiger partial charge < -0.3 is 25.0 Å². The lowest BCUT2D eigenvalue weighted by Crippen LogP contribution is -2.69. The number of hydrogen-bond donors (Lipinski definition) is 2. The first-order chi connectivity index (χ1) is 16.0. The van der Waals surface area contributed by atoms with Crippen LogP contribution in [-0.4, -0.2) is 61.9 Å². The lowest BCUT2D eigenvalue weighted by atomic mass is 10.0. The third-order valence-electron chi connectivity index (χ3n) is 5.28. The number of likely N-dealkylation sites (N-methyl/N-ethyl adjacent to an activating group) is 1. The van der Waals surface area contributed by atoms with E-state index in [0.29, 0.717) is 30.0 Å². The van der Waals surface area contributed by atoms with Crippen molar-refractivity contribution in [2.24, 2.45) is 0 Å². The minimum absolute atomic E-state index is 0.0949. The first-order valence-corrected chi connectivity index (χ1v) is 11.2. The Morgan fingerprint density at radius 3 is 2.44 bits per heavy atom. The molecule has 34 heavy (non-hydrogen) atoms. The van der Waals surface area contributed by atoms with Crippen LogP contribution in [0.4, 0.5) is 18.2 Å². The standard InChI is InChI=1S/C22H24F3N3O5S/c1-4-33-20(31)21(22(23,24)25,26-17(29)13-8-6-5-7-9-13)27-18-16(19(30)32-3)14-10-11-28(2)12-15(14)34-18/h5-9,27H,4,10-12H2,1-3H3,(H,26,29)/t21-/m0/s1. The minimum Gasteiger partial charge on any atom is -0.465 e. The molecule has 0 spiro atoms. The molecule has 0 bridgehead atoms. The summed E-state index contributed by atoms with van der Waals surface area (Å²) in [6.45, 7) is 1.97. The number of amides is 1. The number of hydrogen-bond acceptors (Lipinski definition) is 8. The van der Waals surface area contributed by atoms with E-state index in [-0.39, 0.29) is 22.7 Å². The summed E-state index contributed by atoms with van der Waals surface area (Å²) in [4.78, 5) is 40.7. The van der Waals surface area contributed by atoms with Crippen LogP contribution in [0.1, 0.15) is 38.1 Å². The second-order valence-electron chi connectivity index (χ2n) is 7.60. The number of ether oxygens (including phenoxy) is 2. The van der Waals surface area contributed by atoms with Crippen LogP contribution in [-0.2, 0) is 27.2 Å². The van der Waals surface area contributed by atoms with Gasteiger partial charge in [0.05, 0.1) is 19.3 Å². The molecule has 2 heterocycles. The van der Waals surface area contributed by atoms with Gasteiger partial charge in [0.1, 0.15) is 5.00 Å². The molecule has 3 rings (SSSR count). The van der Waals surface area contributed by atoms with Crippen molar-refractivity contribution in [3.05, 3.63) is 51.9 Å². The van der Waals surface area contributed by atoms with Gasteiger partial charge in [-0.05, 0) is 38.1 Å². The molecule has 1 amide bonds. The van der Waals surface area contributed by atoms with Crippen LogP contribution >= 0.6 is 11.3 Å². The zero-order valence-corrected chi connectivity index (χ0v) is 19.6. The van der Waals surface area contributed by atoms with Crippen LogP contribution in [0, 0.1) is 0 Å². The number of thiophene rings is 1. The molecule has 1 aliphatic rings. The summed E-state index contributed by atoms with van der Waals surface area (Å²) in [5, 5.41) is 3.68. The Labute approximate surface area is 198 Å². The van der Waals surface area contributed by atoms with E-state index in [1.165, 1.54) is 31.2 Å². The number of nitrogens with zero attached hydrogens (tertiary/aromatic N) is 1. The Balaban J connectivity index is 2.15. The zero-order valence-electron chi connectivity index (χ0n) is 18.7. The van der Waals surface area contributed by atoms with Gasteiger partial charge in [-0.1, -0.05) is 18.2 Å². The maximum atomic E-state index is 14.6. The maximum absolute atomic E-state index is 14.6. The monoisotopic (exact) mass is 499 g/mol. The topological polar surface area (TPSA) is 97.0 Å². The van der Waals surface area contributed by atoms with Gasteiger partial charge in [0.2, 0.25) is 0 Å². The number of fused-ring (bicyclic) bond motifs is 1. The van der Waals surface area contributed by atoms with Gasteiger partial charge in [0.15, 0.2) is 0 Å². The Hall–Kier alpha value is -3.12. The average molecular weight is 500 g/mol. The summed E-state index contributed by atoms with van der Waals surface area (Å²) < 4.78 is 53.3. The van der Waals surface area contributed by atoms with Crippen molar-refractivity contribution >= 4 is 34.2 Å². The van der Waals surface area contributed by atoms with E-state index in [1.54, 1.807) is 11.4 Å². The SMILES string of the molecule is CCOC(=O)[C@](NC(=O)c1ccccc1)(Nc1sc2c(c1C(=O)OC)CCN(C)C2)C(F)(F)F. The van der Waals surface area contributed by atoms with Gasteiger partial charge in [0, 0.05) is 23.5 Å². The summed E-state index contributed by atoms with van der Waals surface area (Å²) in [6, 6.07) is 7.15. The fourth-order valence-corrected chi connectivity index (χ4v) is 4.94. The second kappa shape index (κ2) is 10.0. The van der Waals surface area contributed by atoms with Gasteiger partial charge in [0.25, 0.3) is 5.91 Å². The van der Waals surface area contributed by atoms with Crippen molar-refractivity contribution in [2.75, 3.05) is 32.6 Å². The Morgan fingerprint density at radius 2 is 1.85 bits per heavy atom. The highest BCUT2D eigenvalue weighted by Crippen LogP contribution is 2.41. The molecule has 0 fully saturated rings. The number of esters is 2. The molecule has 1 aromatic carbocycles. The van der Waals surface area contributed by atoms with E-state index in [4.69, 9.17) is 9.47 Å². The highest BCUT2D eigenvalue weighted by atomic mass is 32.1. The molecular weight excluding hydrogens is 475 g/mol. The van der Waals surface area contributed by atoms with E-state index in [9.17, 15) is 27.6 Å². The molecule has 0 saturated heterocycles. The Bertz CT molecular complexity index is 1070. The molecule has 0 aliphatic carbocycles. The molecule has 184 valence electrons. The highest BCUT2D eigenvalue weighted by molar-refractivity contribution is 7.16. The van der Waals surface area contributed by atoms with E-state index in [1.807, 2.05) is 11.9 Å². The molecule has 2 aromatic rings. The molecule has 0 radical (unpaired) electrons. The Morgan fingerprint density at radius 1 is 1.18 bits per heavy atom. The summed E-state index contributed by atoms with van der Waals surface area (Å²) in [5.74, 6) is -3.76. The normalized spacial score (nSPS) is 15.6.